The Morgan fingerprint density at radius 1 is 0.963 bits per heavy atom. The van der Waals surface area contributed by atoms with E-state index in [1.54, 1.807) is 7.11 Å². The van der Waals surface area contributed by atoms with E-state index in [0.29, 0.717) is 23.3 Å². The fraction of sp³-hybridized carbons (Fsp3) is 0.273. The van der Waals surface area contributed by atoms with Crippen molar-refractivity contribution in [2.24, 2.45) is 0 Å². The summed E-state index contributed by atoms with van der Waals surface area (Å²) in [4.78, 5) is 0. The molecule has 0 amide bonds. The van der Waals surface area contributed by atoms with Gasteiger partial charge in [0.25, 0.3) is 0 Å². The van der Waals surface area contributed by atoms with Crippen LogP contribution in [-0.2, 0) is 13.0 Å². The van der Waals surface area contributed by atoms with Gasteiger partial charge in [-0.1, -0.05) is 61.3 Å². The number of halogens is 1. The van der Waals surface area contributed by atoms with Crippen LogP contribution >= 0.6 is 11.6 Å². The summed E-state index contributed by atoms with van der Waals surface area (Å²) in [5.74, 6) is 1.38. The fourth-order valence-electron chi connectivity index (χ4n) is 2.86. The molecule has 0 radical (unpaired) electrons. The van der Waals surface area contributed by atoms with Crippen molar-refractivity contribution in [3.63, 3.8) is 0 Å². The number of hydrogen-bond acceptors (Lipinski definition) is 4. The Balaban J connectivity index is 1.86. The lowest BCUT2D eigenvalue weighted by atomic mass is 10.0. The highest BCUT2D eigenvalue weighted by Gasteiger charge is 2.13. The highest BCUT2D eigenvalue weighted by Crippen LogP contribution is 2.34. The molecule has 0 atom stereocenters. The zero-order valence-corrected chi connectivity index (χ0v) is 16.4. The van der Waals surface area contributed by atoms with Crippen LogP contribution in [0.25, 0.3) is 11.1 Å². The van der Waals surface area contributed by atoms with Gasteiger partial charge in [-0.05, 0) is 42.2 Å². The molecule has 1 aromatic heterocycles. The third-order valence-corrected chi connectivity index (χ3v) is 4.50. The highest BCUT2D eigenvalue weighted by molar-refractivity contribution is 6.29. The molecule has 0 bridgehead atoms. The second-order valence-electron chi connectivity index (χ2n) is 6.27. The van der Waals surface area contributed by atoms with E-state index < -0.39 is 0 Å². The Bertz CT molecular complexity index is 885. The molecule has 0 unspecified atom stereocenters. The molecule has 0 spiro atoms. The average molecular weight is 383 g/mol. The highest BCUT2D eigenvalue weighted by atomic mass is 35.5. The first-order valence-corrected chi connectivity index (χ1v) is 9.46. The van der Waals surface area contributed by atoms with Crippen LogP contribution in [0.1, 0.15) is 31.0 Å². The molecule has 0 aliphatic carbocycles. The number of nitrogens with zero attached hydrogens (tertiary/aromatic N) is 2. The lowest BCUT2D eigenvalue weighted by Crippen LogP contribution is -2.00. The zero-order valence-electron chi connectivity index (χ0n) is 15.6. The van der Waals surface area contributed by atoms with Crippen molar-refractivity contribution >= 4 is 11.6 Å². The number of rotatable bonds is 8. The Labute approximate surface area is 165 Å². The van der Waals surface area contributed by atoms with Gasteiger partial charge in [0, 0.05) is 5.56 Å². The fourth-order valence-corrected chi connectivity index (χ4v) is 3.01. The summed E-state index contributed by atoms with van der Waals surface area (Å²) < 4.78 is 11.5. The summed E-state index contributed by atoms with van der Waals surface area (Å²) in [7, 11) is 1.64. The standard InChI is InChI=1S/C22H23ClN2O2/c1-3-4-10-19-18(14-22(23)25-24-19)17-11-12-20(21(13-17)26-2)27-15-16-8-6-5-7-9-16/h5-9,11-14H,3-4,10,15H2,1-2H3. The van der Waals surface area contributed by atoms with Gasteiger partial charge in [0.1, 0.15) is 6.61 Å². The molecular formula is C22H23ClN2O2. The number of hydrogen-bond donors (Lipinski definition) is 0. The van der Waals surface area contributed by atoms with Crippen LogP contribution in [0.2, 0.25) is 5.15 Å². The molecule has 0 N–H and O–H groups in total. The van der Waals surface area contributed by atoms with Gasteiger partial charge in [0.15, 0.2) is 16.7 Å². The third-order valence-electron chi connectivity index (χ3n) is 4.32. The number of ether oxygens (including phenoxy) is 2. The molecule has 5 heteroatoms. The normalized spacial score (nSPS) is 10.6. The molecule has 0 aliphatic heterocycles. The first-order chi connectivity index (χ1) is 13.2. The van der Waals surface area contributed by atoms with Gasteiger partial charge < -0.3 is 9.47 Å². The quantitative estimate of drug-likeness (QED) is 0.499. The predicted octanol–water partition coefficient (Wildman–Crippen LogP) is 5.73. The second-order valence-corrected chi connectivity index (χ2v) is 6.66. The van der Waals surface area contributed by atoms with E-state index >= 15 is 0 Å². The Hall–Kier alpha value is -2.59. The number of methoxy groups -OCH3 is 1. The van der Waals surface area contributed by atoms with E-state index in [-0.39, 0.29) is 0 Å². The molecule has 27 heavy (non-hydrogen) atoms. The third kappa shape index (κ3) is 4.98. The van der Waals surface area contributed by atoms with Gasteiger partial charge in [-0.2, -0.15) is 5.10 Å². The molecule has 1 heterocycles. The number of aromatic nitrogens is 2. The second kappa shape index (κ2) is 9.38. The maximum atomic E-state index is 6.09. The Morgan fingerprint density at radius 3 is 2.52 bits per heavy atom. The van der Waals surface area contributed by atoms with Crippen LogP contribution in [0.15, 0.2) is 54.6 Å². The Kier molecular flexibility index (Phi) is 6.66. The molecule has 140 valence electrons. The first-order valence-electron chi connectivity index (χ1n) is 9.08. The topological polar surface area (TPSA) is 44.2 Å². The molecule has 0 saturated heterocycles. The van der Waals surface area contributed by atoms with Gasteiger partial charge in [-0.25, -0.2) is 0 Å². The van der Waals surface area contributed by atoms with Crippen molar-refractivity contribution in [3.8, 4) is 22.6 Å². The van der Waals surface area contributed by atoms with Crippen LogP contribution in [0.4, 0.5) is 0 Å². The van der Waals surface area contributed by atoms with Gasteiger partial charge in [0.05, 0.1) is 12.8 Å². The minimum absolute atomic E-state index is 0.383. The van der Waals surface area contributed by atoms with Crippen molar-refractivity contribution in [3.05, 3.63) is 71.0 Å². The van der Waals surface area contributed by atoms with E-state index in [4.69, 9.17) is 21.1 Å². The van der Waals surface area contributed by atoms with E-state index in [1.165, 1.54) is 0 Å². The summed E-state index contributed by atoms with van der Waals surface area (Å²) in [6.45, 7) is 2.64. The van der Waals surface area contributed by atoms with Crippen LogP contribution in [0.3, 0.4) is 0 Å². The van der Waals surface area contributed by atoms with E-state index in [0.717, 1.165) is 41.6 Å². The average Bonchev–Trinajstić information content (AvgIpc) is 2.72. The molecule has 4 nitrogen and oxygen atoms in total. The van der Waals surface area contributed by atoms with E-state index in [9.17, 15) is 0 Å². The van der Waals surface area contributed by atoms with Crippen molar-refractivity contribution in [1.82, 2.24) is 10.2 Å². The number of benzene rings is 2. The SMILES string of the molecule is CCCCc1nnc(Cl)cc1-c1ccc(OCc2ccccc2)c(OC)c1. The molecule has 0 fully saturated rings. The molecule has 0 aliphatic rings. The summed E-state index contributed by atoms with van der Waals surface area (Å²) >= 11 is 6.09. The van der Waals surface area contributed by atoms with Crippen LogP contribution in [0, 0.1) is 0 Å². The van der Waals surface area contributed by atoms with Gasteiger partial charge >= 0.3 is 0 Å². The monoisotopic (exact) mass is 382 g/mol. The minimum atomic E-state index is 0.383. The largest absolute Gasteiger partial charge is 0.493 e. The maximum absolute atomic E-state index is 6.09. The minimum Gasteiger partial charge on any atom is -0.493 e. The molecule has 3 rings (SSSR count). The number of unbranched alkanes of at least 4 members (excludes halogenated alkanes) is 1. The van der Waals surface area contributed by atoms with Crippen molar-refractivity contribution < 1.29 is 9.47 Å². The van der Waals surface area contributed by atoms with E-state index in [2.05, 4.69) is 17.1 Å². The van der Waals surface area contributed by atoms with Crippen molar-refractivity contribution in [1.29, 1.82) is 0 Å². The van der Waals surface area contributed by atoms with Gasteiger partial charge in [-0.3, -0.25) is 0 Å². The first kappa shape index (κ1) is 19.2. The van der Waals surface area contributed by atoms with Crippen LogP contribution in [0.5, 0.6) is 11.5 Å². The zero-order chi connectivity index (χ0) is 19.1. The summed E-state index contributed by atoms with van der Waals surface area (Å²) in [5.41, 5.74) is 4.02. The lowest BCUT2D eigenvalue weighted by Gasteiger charge is -2.14. The van der Waals surface area contributed by atoms with Gasteiger partial charge in [-0.15, -0.1) is 5.10 Å². The molecule has 3 aromatic rings. The van der Waals surface area contributed by atoms with Gasteiger partial charge in [0.2, 0.25) is 0 Å². The van der Waals surface area contributed by atoms with Crippen molar-refractivity contribution in [2.75, 3.05) is 7.11 Å². The molecular weight excluding hydrogens is 360 g/mol. The molecule has 0 saturated carbocycles. The van der Waals surface area contributed by atoms with Crippen LogP contribution < -0.4 is 9.47 Å². The Morgan fingerprint density at radius 2 is 1.78 bits per heavy atom. The lowest BCUT2D eigenvalue weighted by molar-refractivity contribution is 0.284. The summed E-state index contributed by atoms with van der Waals surface area (Å²) in [6, 6.07) is 17.8. The van der Waals surface area contributed by atoms with Crippen LogP contribution in [-0.4, -0.2) is 17.3 Å². The van der Waals surface area contributed by atoms with E-state index in [1.807, 2.05) is 54.6 Å². The maximum Gasteiger partial charge on any atom is 0.161 e. The smallest absolute Gasteiger partial charge is 0.161 e. The van der Waals surface area contributed by atoms with Crippen molar-refractivity contribution in [2.45, 2.75) is 32.8 Å². The molecule has 2 aromatic carbocycles. The summed E-state index contributed by atoms with van der Waals surface area (Å²) in [5, 5.41) is 8.68. The predicted molar refractivity (Wildman–Crippen MR) is 108 cm³/mol. The number of aryl methyl sites for hydroxylation is 1. The summed E-state index contributed by atoms with van der Waals surface area (Å²) in [6.07, 6.45) is 3.02.